The van der Waals surface area contributed by atoms with Gasteiger partial charge < -0.3 is 14.8 Å². The number of aliphatic hydroxyl groups excluding tert-OH is 1. The van der Waals surface area contributed by atoms with Crippen LogP contribution in [0.3, 0.4) is 0 Å². The second kappa shape index (κ2) is 9.65. The smallest absolute Gasteiger partial charge is 0.332 e. The lowest BCUT2D eigenvalue weighted by molar-refractivity contribution is -0.145. The number of hydrogen-bond acceptors (Lipinski definition) is 3. The minimum atomic E-state index is -1.23. The molecular weight excluding hydrogens is 232 g/mol. The van der Waals surface area contributed by atoms with E-state index in [9.17, 15) is 4.79 Å². The molecule has 1 rings (SSSR count). The number of hydrogen-bond donors (Lipinski definition) is 2. The largest absolute Gasteiger partial charge is 0.479 e. The van der Waals surface area contributed by atoms with Crippen LogP contribution in [0.1, 0.15) is 45.4 Å². The first-order valence-electron chi connectivity index (χ1n) is 6.36. The Hall–Kier alpha value is -1.36. The first-order chi connectivity index (χ1) is 8.49. The molecule has 0 amide bonds. The quantitative estimate of drug-likeness (QED) is 0.763. The van der Waals surface area contributed by atoms with E-state index >= 15 is 0 Å². The average molecular weight is 256 g/mol. The Bertz CT molecular complexity index is 335. The highest BCUT2D eigenvalue weighted by Gasteiger charge is 2.01. The number of carbonyl (C=O) groups is 1. The minimum absolute atomic E-state index is 1.13. The van der Waals surface area contributed by atoms with Gasteiger partial charge in [-0.05, 0) is 13.3 Å². The van der Waals surface area contributed by atoms with Gasteiger partial charge in [-0.25, -0.2) is 9.78 Å². The van der Waals surface area contributed by atoms with Crippen molar-refractivity contribution in [2.75, 3.05) is 0 Å². The summed E-state index contributed by atoms with van der Waals surface area (Å²) < 4.78 is 2.10. The molecule has 0 aromatic carbocycles. The van der Waals surface area contributed by atoms with Gasteiger partial charge in [0.15, 0.2) is 0 Å². The highest BCUT2D eigenvalue weighted by atomic mass is 16.4. The standard InChI is InChI=1S/C10H18N2.C3H6O3/c1-3-4-5-6-7-10-11-8-9-12(10)2;1-2(4)3(5)6/h8-9H,3-7H2,1-2H3;2,4H,1H3,(H,5,6). The van der Waals surface area contributed by atoms with Crippen molar-refractivity contribution in [1.82, 2.24) is 9.55 Å². The number of unbranched alkanes of at least 4 members (excludes halogenated alkanes) is 3. The minimum Gasteiger partial charge on any atom is -0.479 e. The Balaban J connectivity index is 0.000000411. The second-order valence-corrected chi connectivity index (χ2v) is 4.28. The molecule has 0 radical (unpaired) electrons. The molecule has 5 nitrogen and oxygen atoms in total. The number of aliphatic hydroxyl groups is 1. The summed E-state index contributed by atoms with van der Waals surface area (Å²) in [7, 11) is 2.06. The molecule has 1 aromatic heterocycles. The zero-order valence-electron chi connectivity index (χ0n) is 11.5. The molecule has 0 fully saturated rings. The molecule has 0 spiro atoms. The molecule has 2 N–H and O–H groups in total. The van der Waals surface area contributed by atoms with E-state index in [1.165, 1.54) is 38.4 Å². The third-order valence-corrected chi connectivity index (χ3v) is 2.53. The van der Waals surface area contributed by atoms with Gasteiger partial charge in [-0.2, -0.15) is 0 Å². The van der Waals surface area contributed by atoms with Crippen molar-refractivity contribution in [3.63, 3.8) is 0 Å². The normalized spacial score (nSPS) is 11.6. The number of rotatable bonds is 6. The van der Waals surface area contributed by atoms with Crippen LogP contribution in [0.4, 0.5) is 0 Å². The number of nitrogens with zero attached hydrogens (tertiary/aromatic N) is 2. The van der Waals surface area contributed by atoms with Crippen molar-refractivity contribution in [3.05, 3.63) is 18.2 Å². The Kier molecular flexibility index (Phi) is 8.92. The summed E-state index contributed by atoms with van der Waals surface area (Å²) >= 11 is 0. The Morgan fingerprint density at radius 3 is 2.44 bits per heavy atom. The maximum absolute atomic E-state index is 9.45. The van der Waals surface area contributed by atoms with Crippen LogP contribution in [0.25, 0.3) is 0 Å². The fraction of sp³-hybridized carbons (Fsp3) is 0.692. The van der Waals surface area contributed by atoms with E-state index in [1.807, 2.05) is 12.4 Å². The molecular formula is C13H24N2O3. The fourth-order valence-electron chi connectivity index (χ4n) is 1.35. The predicted molar refractivity (Wildman–Crippen MR) is 70.4 cm³/mol. The first-order valence-corrected chi connectivity index (χ1v) is 6.36. The van der Waals surface area contributed by atoms with Crippen molar-refractivity contribution in [1.29, 1.82) is 0 Å². The molecule has 104 valence electrons. The van der Waals surface area contributed by atoms with E-state index in [4.69, 9.17) is 10.2 Å². The van der Waals surface area contributed by atoms with Gasteiger partial charge in [0.25, 0.3) is 0 Å². The number of carboxylic acid groups (broad SMARTS) is 1. The van der Waals surface area contributed by atoms with Gasteiger partial charge in [-0.1, -0.05) is 26.2 Å². The second-order valence-electron chi connectivity index (χ2n) is 4.28. The van der Waals surface area contributed by atoms with Crippen molar-refractivity contribution >= 4 is 5.97 Å². The lowest BCUT2D eigenvalue weighted by Gasteiger charge is -2.00. The fourth-order valence-corrected chi connectivity index (χ4v) is 1.35. The zero-order valence-corrected chi connectivity index (χ0v) is 11.5. The van der Waals surface area contributed by atoms with Gasteiger partial charge >= 0.3 is 5.97 Å². The van der Waals surface area contributed by atoms with Crippen LogP contribution in [0.15, 0.2) is 12.4 Å². The molecule has 1 atom stereocenters. The SMILES string of the molecule is CC(O)C(=O)O.CCCCCCc1nccn1C. The molecule has 1 heterocycles. The predicted octanol–water partition coefficient (Wildman–Crippen LogP) is 1.99. The van der Waals surface area contributed by atoms with Crippen molar-refractivity contribution in [3.8, 4) is 0 Å². The molecule has 0 aliphatic heterocycles. The summed E-state index contributed by atoms with van der Waals surface area (Å²) in [6.45, 7) is 3.43. The number of aryl methyl sites for hydroxylation is 2. The number of imidazole rings is 1. The molecule has 0 saturated heterocycles. The summed E-state index contributed by atoms with van der Waals surface area (Å²) in [6.07, 6.45) is 9.05. The van der Waals surface area contributed by atoms with Gasteiger partial charge in [0.05, 0.1) is 0 Å². The molecule has 0 saturated carbocycles. The lowest BCUT2D eigenvalue weighted by atomic mass is 10.1. The molecule has 0 aliphatic rings. The highest BCUT2D eigenvalue weighted by Crippen LogP contribution is 2.04. The summed E-state index contributed by atoms with van der Waals surface area (Å²) in [4.78, 5) is 13.7. The topological polar surface area (TPSA) is 75.3 Å². The van der Waals surface area contributed by atoms with E-state index in [-0.39, 0.29) is 0 Å². The van der Waals surface area contributed by atoms with E-state index in [2.05, 4.69) is 23.5 Å². The van der Waals surface area contributed by atoms with Crippen LogP contribution < -0.4 is 0 Å². The van der Waals surface area contributed by atoms with Crippen LogP contribution in [0.5, 0.6) is 0 Å². The summed E-state index contributed by atoms with van der Waals surface area (Å²) in [6, 6.07) is 0. The van der Waals surface area contributed by atoms with Crippen LogP contribution in [-0.2, 0) is 18.3 Å². The summed E-state index contributed by atoms with van der Waals surface area (Å²) in [5.41, 5.74) is 0. The number of carboxylic acids is 1. The van der Waals surface area contributed by atoms with Gasteiger partial charge in [0.1, 0.15) is 11.9 Å². The van der Waals surface area contributed by atoms with E-state index in [0.717, 1.165) is 6.42 Å². The van der Waals surface area contributed by atoms with Crippen molar-refractivity contribution in [2.24, 2.45) is 7.05 Å². The van der Waals surface area contributed by atoms with E-state index in [1.54, 1.807) is 0 Å². The van der Waals surface area contributed by atoms with Gasteiger partial charge in [0, 0.05) is 25.9 Å². The van der Waals surface area contributed by atoms with E-state index < -0.39 is 12.1 Å². The number of aromatic nitrogens is 2. The van der Waals surface area contributed by atoms with Gasteiger partial charge in [-0.15, -0.1) is 0 Å². The Labute approximate surface area is 108 Å². The van der Waals surface area contributed by atoms with Crippen molar-refractivity contribution < 1.29 is 15.0 Å². The van der Waals surface area contributed by atoms with E-state index in [0.29, 0.717) is 0 Å². The molecule has 5 heteroatoms. The maximum Gasteiger partial charge on any atom is 0.332 e. The lowest BCUT2D eigenvalue weighted by Crippen LogP contribution is -2.13. The molecule has 0 aliphatic carbocycles. The number of aliphatic carboxylic acids is 1. The third kappa shape index (κ3) is 7.84. The van der Waals surface area contributed by atoms with Crippen LogP contribution >= 0.6 is 0 Å². The monoisotopic (exact) mass is 256 g/mol. The van der Waals surface area contributed by atoms with Gasteiger partial charge in [-0.3, -0.25) is 0 Å². The van der Waals surface area contributed by atoms with Gasteiger partial charge in [0.2, 0.25) is 0 Å². The maximum atomic E-state index is 9.45. The van der Waals surface area contributed by atoms with Crippen LogP contribution in [0.2, 0.25) is 0 Å². The average Bonchev–Trinajstić information content (AvgIpc) is 2.71. The Morgan fingerprint density at radius 1 is 1.44 bits per heavy atom. The zero-order chi connectivity index (χ0) is 14.0. The third-order valence-electron chi connectivity index (χ3n) is 2.53. The summed E-state index contributed by atoms with van der Waals surface area (Å²) in [5, 5.41) is 15.8. The van der Waals surface area contributed by atoms with Crippen LogP contribution in [-0.4, -0.2) is 31.8 Å². The molecule has 1 unspecified atom stereocenters. The van der Waals surface area contributed by atoms with Crippen LogP contribution in [0, 0.1) is 0 Å². The first kappa shape index (κ1) is 16.6. The summed E-state index contributed by atoms with van der Waals surface area (Å²) in [5.74, 6) is 0.0288. The Morgan fingerprint density at radius 2 is 2.06 bits per heavy atom. The molecule has 1 aromatic rings. The molecule has 18 heavy (non-hydrogen) atoms. The molecule has 0 bridgehead atoms. The van der Waals surface area contributed by atoms with Crippen molar-refractivity contribution in [2.45, 2.75) is 52.1 Å². The highest BCUT2D eigenvalue weighted by molar-refractivity contribution is 5.71.